The van der Waals surface area contributed by atoms with Crippen LogP contribution in [0.3, 0.4) is 0 Å². The van der Waals surface area contributed by atoms with Crippen molar-refractivity contribution in [1.29, 1.82) is 5.41 Å². The maximum absolute atomic E-state index is 7.14. The van der Waals surface area contributed by atoms with Crippen molar-refractivity contribution in [2.45, 2.75) is 39.0 Å². The third kappa shape index (κ3) is 4.09. The lowest BCUT2D eigenvalue weighted by molar-refractivity contribution is 0.183. The lowest BCUT2D eigenvalue weighted by Gasteiger charge is -2.31. The molecular formula is C11H23N3. The maximum atomic E-state index is 7.14. The molecule has 1 saturated carbocycles. The second kappa shape index (κ2) is 6.02. The Morgan fingerprint density at radius 3 is 2.64 bits per heavy atom. The van der Waals surface area contributed by atoms with Crippen LogP contribution in [0.5, 0.6) is 0 Å². The van der Waals surface area contributed by atoms with E-state index in [0.29, 0.717) is 5.84 Å². The Labute approximate surface area is 87.2 Å². The van der Waals surface area contributed by atoms with E-state index in [1.807, 2.05) is 0 Å². The predicted molar refractivity (Wildman–Crippen MR) is 60.6 cm³/mol. The molecule has 1 aliphatic carbocycles. The molecule has 1 fully saturated rings. The van der Waals surface area contributed by atoms with Crippen molar-refractivity contribution in [3.63, 3.8) is 0 Å². The van der Waals surface area contributed by atoms with Crippen molar-refractivity contribution in [3.05, 3.63) is 0 Å². The molecule has 0 bridgehead atoms. The molecule has 0 aromatic rings. The molecule has 14 heavy (non-hydrogen) atoms. The first-order chi connectivity index (χ1) is 6.72. The summed E-state index contributed by atoms with van der Waals surface area (Å²) in [6.45, 7) is 5.71. The summed E-state index contributed by atoms with van der Waals surface area (Å²) in [6.07, 6.45) is 6.05. The first-order valence-corrected chi connectivity index (χ1v) is 5.77. The smallest absolute Gasteiger partial charge is 0.0905 e. The standard InChI is InChI=1S/C11H23N3/c1-2-14(8-4-7-11(12)13)9-10-5-3-6-10/h10H,2-9H2,1H3,(H3,12,13). The van der Waals surface area contributed by atoms with E-state index in [9.17, 15) is 0 Å². The van der Waals surface area contributed by atoms with Crippen LogP contribution in [0.1, 0.15) is 39.0 Å². The van der Waals surface area contributed by atoms with Gasteiger partial charge in [-0.3, -0.25) is 5.41 Å². The van der Waals surface area contributed by atoms with Crippen LogP contribution >= 0.6 is 0 Å². The zero-order chi connectivity index (χ0) is 10.4. The average molecular weight is 197 g/mol. The highest BCUT2D eigenvalue weighted by Crippen LogP contribution is 2.26. The average Bonchev–Trinajstić information content (AvgIpc) is 2.07. The van der Waals surface area contributed by atoms with Crippen LogP contribution in [0.4, 0.5) is 0 Å². The number of amidine groups is 1. The summed E-state index contributed by atoms with van der Waals surface area (Å²) in [5.74, 6) is 1.27. The molecule has 0 saturated heterocycles. The molecule has 0 amide bonds. The number of nitrogens with two attached hydrogens (primary N) is 1. The van der Waals surface area contributed by atoms with Crippen molar-refractivity contribution in [2.24, 2.45) is 11.7 Å². The predicted octanol–water partition coefficient (Wildman–Crippen LogP) is 1.82. The van der Waals surface area contributed by atoms with Crippen LogP contribution < -0.4 is 5.73 Å². The van der Waals surface area contributed by atoms with Crippen molar-refractivity contribution >= 4 is 5.84 Å². The van der Waals surface area contributed by atoms with E-state index in [1.165, 1.54) is 25.8 Å². The zero-order valence-electron chi connectivity index (χ0n) is 9.26. The Hall–Kier alpha value is -0.570. The number of hydrogen-bond acceptors (Lipinski definition) is 2. The van der Waals surface area contributed by atoms with Crippen molar-refractivity contribution in [2.75, 3.05) is 19.6 Å². The van der Waals surface area contributed by atoms with Gasteiger partial charge in [0, 0.05) is 13.0 Å². The summed E-state index contributed by atoms with van der Waals surface area (Å²) in [5, 5.41) is 7.14. The van der Waals surface area contributed by atoms with Gasteiger partial charge in [0.25, 0.3) is 0 Å². The Morgan fingerprint density at radius 1 is 1.50 bits per heavy atom. The molecule has 1 aliphatic rings. The van der Waals surface area contributed by atoms with Gasteiger partial charge in [-0.15, -0.1) is 0 Å². The number of nitrogens with one attached hydrogen (secondary N) is 1. The Balaban J connectivity index is 2.07. The highest BCUT2D eigenvalue weighted by atomic mass is 15.1. The molecule has 0 atom stereocenters. The molecule has 0 aromatic carbocycles. The monoisotopic (exact) mass is 197 g/mol. The maximum Gasteiger partial charge on any atom is 0.0905 e. The van der Waals surface area contributed by atoms with Crippen molar-refractivity contribution < 1.29 is 0 Å². The molecule has 0 unspecified atom stereocenters. The van der Waals surface area contributed by atoms with Crippen LogP contribution in [0.15, 0.2) is 0 Å². The van der Waals surface area contributed by atoms with E-state index in [4.69, 9.17) is 11.1 Å². The Bertz CT molecular complexity index is 175. The fourth-order valence-electron chi connectivity index (χ4n) is 1.91. The van der Waals surface area contributed by atoms with Crippen LogP contribution in [-0.4, -0.2) is 30.4 Å². The molecular weight excluding hydrogens is 174 g/mol. The minimum atomic E-state index is 0.324. The van der Waals surface area contributed by atoms with Gasteiger partial charge in [0.05, 0.1) is 5.84 Å². The van der Waals surface area contributed by atoms with Crippen molar-refractivity contribution in [1.82, 2.24) is 4.90 Å². The van der Waals surface area contributed by atoms with Gasteiger partial charge in [0.15, 0.2) is 0 Å². The number of nitrogens with zero attached hydrogens (tertiary/aromatic N) is 1. The first kappa shape index (κ1) is 11.5. The lowest BCUT2D eigenvalue weighted by atomic mass is 9.85. The normalized spacial score (nSPS) is 17.0. The minimum absolute atomic E-state index is 0.324. The summed E-state index contributed by atoms with van der Waals surface area (Å²) in [6, 6.07) is 0. The quantitative estimate of drug-likeness (QED) is 0.483. The van der Waals surface area contributed by atoms with Crippen LogP contribution in [0, 0.1) is 11.3 Å². The van der Waals surface area contributed by atoms with Gasteiger partial charge in [0.2, 0.25) is 0 Å². The van der Waals surface area contributed by atoms with Gasteiger partial charge in [-0.1, -0.05) is 13.3 Å². The van der Waals surface area contributed by atoms with Crippen LogP contribution in [-0.2, 0) is 0 Å². The van der Waals surface area contributed by atoms with Gasteiger partial charge >= 0.3 is 0 Å². The SMILES string of the molecule is CCN(CCCC(=N)N)CC1CCC1. The molecule has 3 heteroatoms. The van der Waals surface area contributed by atoms with Crippen LogP contribution in [0.25, 0.3) is 0 Å². The molecule has 1 rings (SSSR count). The van der Waals surface area contributed by atoms with E-state index in [2.05, 4.69) is 11.8 Å². The molecule has 0 radical (unpaired) electrons. The summed E-state index contributed by atoms with van der Waals surface area (Å²) in [5.41, 5.74) is 5.32. The third-order valence-corrected chi connectivity index (χ3v) is 3.11. The second-order valence-corrected chi connectivity index (χ2v) is 4.32. The molecule has 0 heterocycles. The highest BCUT2D eigenvalue weighted by molar-refractivity contribution is 5.76. The Morgan fingerprint density at radius 2 is 2.21 bits per heavy atom. The van der Waals surface area contributed by atoms with Gasteiger partial charge < -0.3 is 10.6 Å². The molecule has 0 aromatic heterocycles. The summed E-state index contributed by atoms with van der Waals surface area (Å²) < 4.78 is 0. The summed E-state index contributed by atoms with van der Waals surface area (Å²) in [7, 11) is 0. The van der Waals surface area contributed by atoms with E-state index in [1.54, 1.807) is 0 Å². The van der Waals surface area contributed by atoms with E-state index < -0.39 is 0 Å². The van der Waals surface area contributed by atoms with Gasteiger partial charge in [-0.25, -0.2) is 0 Å². The van der Waals surface area contributed by atoms with E-state index >= 15 is 0 Å². The second-order valence-electron chi connectivity index (χ2n) is 4.32. The topological polar surface area (TPSA) is 53.1 Å². The van der Waals surface area contributed by atoms with Gasteiger partial charge in [-0.05, 0) is 38.3 Å². The number of hydrogen-bond donors (Lipinski definition) is 2. The molecule has 82 valence electrons. The first-order valence-electron chi connectivity index (χ1n) is 5.77. The Kier molecular flexibility index (Phi) is 4.94. The third-order valence-electron chi connectivity index (χ3n) is 3.11. The molecule has 3 N–H and O–H groups in total. The summed E-state index contributed by atoms with van der Waals surface area (Å²) >= 11 is 0. The van der Waals surface area contributed by atoms with Crippen molar-refractivity contribution in [3.8, 4) is 0 Å². The van der Waals surface area contributed by atoms with Gasteiger partial charge in [0.1, 0.15) is 0 Å². The minimum Gasteiger partial charge on any atom is -0.388 e. The lowest BCUT2D eigenvalue weighted by Crippen LogP contribution is -2.33. The molecule has 3 nitrogen and oxygen atoms in total. The fourth-order valence-corrected chi connectivity index (χ4v) is 1.91. The number of rotatable bonds is 7. The van der Waals surface area contributed by atoms with Gasteiger partial charge in [-0.2, -0.15) is 0 Å². The highest BCUT2D eigenvalue weighted by Gasteiger charge is 2.19. The summed E-state index contributed by atoms with van der Waals surface area (Å²) in [4.78, 5) is 2.49. The van der Waals surface area contributed by atoms with E-state index in [0.717, 1.165) is 31.8 Å². The molecule has 0 spiro atoms. The van der Waals surface area contributed by atoms with E-state index in [-0.39, 0.29) is 0 Å². The fraction of sp³-hybridized carbons (Fsp3) is 0.909. The zero-order valence-corrected chi connectivity index (χ0v) is 9.26. The largest absolute Gasteiger partial charge is 0.388 e. The molecule has 0 aliphatic heterocycles. The van der Waals surface area contributed by atoms with Crippen LogP contribution in [0.2, 0.25) is 0 Å².